The molecule has 0 saturated heterocycles. The standard InChI is InChI=1S/C8H8O3S/c1-7-5-3-4-6-8(7)12(9,10)11-2/h2-6H,1H3. The molecule has 0 bridgehead atoms. The minimum atomic E-state index is -3.75. The Morgan fingerprint density at radius 3 is 2.42 bits per heavy atom. The number of benzene rings is 1. The fourth-order valence-corrected chi connectivity index (χ4v) is 1.70. The fourth-order valence-electron chi connectivity index (χ4n) is 0.889. The summed E-state index contributed by atoms with van der Waals surface area (Å²) in [5.41, 5.74) is 0.614. The van der Waals surface area contributed by atoms with Gasteiger partial charge in [-0.1, -0.05) is 18.2 Å². The van der Waals surface area contributed by atoms with Gasteiger partial charge in [0, 0.05) is 0 Å². The van der Waals surface area contributed by atoms with E-state index >= 15 is 0 Å². The lowest BCUT2D eigenvalue weighted by molar-refractivity contribution is 0.437. The normalized spacial score (nSPS) is 11.5. The minimum Gasteiger partial charge on any atom is -0.257 e. The van der Waals surface area contributed by atoms with Gasteiger partial charge in [-0.2, -0.15) is 8.42 Å². The van der Waals surface area contributed by atoms with Crippen LogP contribution in [0.4, 0.5) is 0 Å². The topological polar surface area (TPSA) is 43.4 Å². The molecule has 1 rings (SSSR count). The van der Waals surface area contributed by atoms with Crippen LogP contribution in [0.1, 0.15) is 5.56 Å². The van der Waals surface area contributed by atoms with Gasteiger partial charge in [-0.3, -0.25) is 4.18 Å². The van der Waals surface area contributed by atoms with E-state index in [1.165, 1.54) is 6.07 Å². The second-order valence-corrected chi connectivity index (χ2v) is 3.86. The number of hydrogen-bond donors (Lipinski definition) is 0. The van der Waals surface area contributed by atoms with E-state index in [4.69, 9.17) is 0 Å². The predicted molar refractivity (Wildman–Crippen MR) is 43.7 cm³/mol. The molecule has 0 fully saturated rings. The molecule has 0 atom stereocenters. The Balaban J connectivity index is 3.30. The summed E-state index contributed by atoms with van der Waals surface area (Å²) in [5, 5.41) is 0. The van der Waals surface area contributed by atoms with Crippen molar-refractivity contribution in [1.82, 2.24) is 0 Å². The summed E-state index contributed by atoms with van der Waals surface area (Å²) in [6.45, 7) is 1.67. The summed E-state index contributed by atoms with van der Waals surface area (Å²) < 4.78 is 26.0. The molecule has 0 heterocycles. The molecule has 0 amide bonds. The van der Waals surface area contributed by atoms with E-state index < -0.39 is 10.1 Å². The highest BCUT2D eigenvalue weighted by Crippen LogP contribution is 2.15. The van der Waals surface area contributed by atoms with Crippen LogP contribution in [0, 0.1) is 14.0 Å². The zero-order valence-electron chi connectivity index (χ0n) is 6.52. The maximum absolute atomic E-state index is 11.1. The molecule has 2 radical (unpaired) electrons. The van der Waals surface area contributed by atoms with E-state index in [2.05, 4.69) is 11.3 Å². The molecule has 64 valence electrons. The van der Waals surface area contributed by atoms with Crippen molar-refractivity contribution in [3.05, 3.63) is 36.9 Å². The highest BCUT2D eigenvalue weighted by atomic mass is 32.2. The summed E-state index contributed by atoms with van der Waals surface area (Å²) in [6.07, 6.45) is 0. The van der Waals surface area contributed by atoms with Crippen LogP contribution < -0.4 is 0 Å². The van der Waals surface area contributed by atoms with Gasteiger partial charge in [0.1, 0.15) is 7.11 Å². The van der Waals surface area contributed by atoms with Crippen molar-refractivity contribution >= 4 is 10.1 Å². The molecule has 12 heavy (non-hydrogen) atoms. The Bertz CT molecular complexity index is 368. The SMILES string of the molecule is [CH]OS(=O)(=O)c1ccccc1C. The van der Waals surface area contributed by atoms with Gasteiger partial charge >= 0.3 is 0 Å². The van der Waals surface area contributed by atoms with Gasteiger partial charge in [0.15, 0.2) is 0 Å². The van der Waals surface area contributed by atoms with Crippen LogP contribution in [0.5, 0.6) is 0 Å². The zero-order valence-corrected chi connectivity index (χ0v) is 7.34. The van der Waals surface area contributed by atoms with Gasteiger partial charge in [-0.15, -0.1) is 0 Å². The van der Waals surface area contributed by atoms with Crippen molar-refractivity contribution in [2.75, 3.05) is 0 Å². The van der Waals surface area contributed by atoms with Gasteiger partial charge in [0.2, 0.25) is 0 Å². The molecule has 0 N–H and O–H groups in total. The Morgan fingerprint density at radius 1 is 1.33 bits per heavy atom. The molecule has 0 aliphatic rings. The molecule has 1 aromatic carbocycles. The predicted octanol–water partition coefficient (Wildman–Crippen LogP) is 1.37. The fraction of sp³-hybridized carbons (Fsp3) is 0.125. The van der Waals surface area contributed by atoms with Crippen LogP contribution >= 0.6 is 0 Å². The second kappa shape index (κ2) is 3.25. The van der Waals surface area contributed by atoms with Gasteiger partial charge < -0.3 is 0 Å². The third-order valence-corrected chi connectivity index (χ3v) is 2.74. The summed E-state index contributed by atoms with van der Waals surface area (Å²) in [4.78, 5) is 0.104. The van der Waals surface area contributed by atoms with Crippen molar-refractivity contribution in [2.45, 2.75) is 11.8 Å². The monoisotopic (exact) mass is 184 g/mol. The van der Waals surface area contributed by atoms with E-state index in [9.17, 15) is 8.42 Å². The van der Waals surface area contributed by atoms with Crippen LogP contribution in [0.15, 0.2) is 29.2 Å². The zero-order chi connectivity index (χ0) is 9.19. The summed E-state index contributed by atoms with van der Waals surface area (Å²) in [7, 11) is 0.868. The van der Waals surface area contributed by atoms with Crippen LogP contribution in [0.25, 0.3) is 0 Å². The van der Waals surface area contributed by atoms with E-state index in [0.717, 1.165) is 0 Å². The first-order valence-corrected chi connectivity index (χ1v) is 4.68. The van der Waals surface area contributed by atoms with E-state index in [1.807, 2.05) is 0 Å². The summed E-state index contributed by atoms with van der Waals surface area (Å²) in [6, 6.07) is 6.47. The molecule has 1 aromatic rings. The van der Waals surface area contributed by atoms with E-state index in [-0.39, 0.29) is 4.90 Å². The molecule has 0 saturated carbocycles. The molecule has 4 heteroatoms. The van der Waals surface area contributed by atoms with Crippen LogP contribution in [0.2, 0.25) is 0 Å². The van der Waals surface area contributed by atoms with Crippen molar-refractivity contribution in [3.8, 4) is 0 Å². The minimum absolute atomic E-state index is 0.104. The number of aryl methyl sites for hydroxylation is 1. The molecule has 0 unspecified atom stereocenters. The van der Waals surface area contributed by atoms with Crippen molar-refractivity contribution < 1.29 is 12.6 Å². The Labute approximate surface area is 72.1 Å². The van der Waals surface area contributed by atoms with Crippen LogP contribution in [-0.2, 0) is 14.3 Å². The lowest BCUT2D eigenvalue weighted by Crippen LogP contribution is -2.03. The van der Waals surface area contributed by atoms with Gasteiger partial charge in [-0.25, -0.2) is 0 Å². The highest BCUT2D eigenvalue weighted by molar-refractivity contribution is 7.86. The molecule has 0 aromatic heterocycles. The average Bonchev–Trinajstić information content (AvgIpc) is 2.05. The largest absolute Gasteiger partial charge is 0.297 e. The van der Waals surface area contributed by atoms with Crippen LogP contribution in [-0.4, -0.2) is 8.42 Å². The van der Waals surface area contributed by atoms with Gasteiger partial charge in [0.25, 0.3) is 10.1 Å². The van der Waals surface area contributed by atoms with Crippen molar-refractivity contribution in [2.24, 2.45) is 0 Å². The maximum atomic E-state index is 11.1. The molecule has 0 spiro atoms. The summed E-state index contributed by atoms with van der Waals surface area (Å²) >= 11 is 0. The highest BCUT2D eigenvalue weighted by Gasteiger charge is 2.14. The van der Waals surface area contributed by atoms with Crippen LogP contribution in [0.3, 0.4) is 0 Å². The van der Waals surface area contributed by atoms with Gasteiger partial charge in [-0.05, 0) is 18.6 Å². The first-order valence-electron chi connectivity index (χ1n) is 3.27. The Kier molecular flexibility index (Phi) is 2.49. The van der Waals surface area contributed by atoms with Crippen molar-refractivity contribution in [1.29, 1.82) is 0 Å². The lowest BCUT2D eigenvalue weighted by Gasteiger charge is -2.02. The second-order valence-electron chi connectivity index (χ2n) is 2.32. The molecule has 0 aliphatic carbocycles. The number of rotatable bonds is 2. The smallest absolute Gasteiger partial charge is 0.257 e. The van der Waals surface area contributed by atoms with E-state index in [1.54, 1.807) is 25.1 Å². The quantitative estimate of drug-likeness (QED) is 0.652. The molecule has 3 nitrogen and oxygen atoms in total. The third kappa shape index (κ3) is 1.65. The van der Waals surface area contributed by atoms with Gasteiger partial charge in [0.05, 0.1) is 4.90 Å². The molecular weight excluding hydrogens is 176 g/mol. The first kappa shape index (κ1) is 9.22. The Hall–Kier alpha value is -0.870. The van der Waals surface area contributed by atoms with E-state index in [0.29, 0.717) is 5.56 Å². The Morgan fingerprint density at radius 2 is 1.92 bits per heavy atom. The summed E-state index contributed by atoms with van der Waals surface area (Å²) in [5.74, 6) is 0. The first-order chi connectivity index (χ1) is 5.58. The maximum Gasteiger partial charge on any atom is 0.297 e. The van der Waals surface area contributed by atoms with Crippen molar-refractivity contribution in [3.63, 3.8) is 0 Å². The number of hydrogen-bond acceptors (Lipinski definition) is 3. The average molecular weight is 184 g/mol. The third-order valence-electron chi connectivity index (χ3n) is 1.49. The molecule has 0 aliphatic heterocycles. The lowest BCUT2D eigenvalue weighted by atomic mass is 10.2. The molecular formula is C8H8O3S.